The first kappa shape index (κ1) is 14.1. The highest BCUT2D eigenvalue weighted by molar-refractivity contribution is 5.77. The van der Waals surface area contributed by atoms with Gasteiger partial charge in [0.2, 0.25) is 5.91 Å². The molecule has 2 atom stereocenters. The van der Waals surface area contributed by atoms with Crippen LogP contribution in [0.25, 0.3) is 0 Å². The van der Waals surface area contributed by atoms with E-state index in [-0.39, 0.29) is 11.9 Å². The topological polar surface area (TPSA) is 46.3 Å². The van der Waals surface area contributed by atoms with Gasteiger partial charge in [-0.25, -0.2) is 0 Å². The number of rotatable bonds is 4. The first-order valence-electron chi connectivity index (χ1n) is 7.29. The van der Waals surface area contributed by atoms with Crippen molar-refractivity contribution in [2.24, 2.45) is 5.73 Å². The van der Waals surface area contributed by atoms with Crippen LogP contribution in [0.4, 0.5) is 0 Å². The Bertz CT molecular complexity index is 404. The van der Waals surface area contributed by atoms with Crippen molar-refractivity contribution in [3.8, 4) is 0 Å². The van der Waals surface area contributed by atoms with E-state index >= 15 is 0 Å². The van der Waals surface area contributed by atoms with Gasteiger partial charge in [0.05, 0.1) is 0 Å². The van der Waals surface area contributed by atoms with E-state index < -0.39 is 0 Å². The Morgan fingerprint density at radius 1 is 1.42 bits per heavy atom. The molecule has 0 bridgehead atoms. The fourth-order valence-electron chi connectivity index (χ4n) is 2.80. The van der Waals surface area contributed by atoms with Crippen LogP contribution in [0.1, 0.15) is 44.1 Å². The van der Waals surface area contributed by atoms with Gasteiger partial charge in [-0.05, 0) is 30.7 Å². The molecule has 1 saturated heterocycles. The van der Waals surface area contributed by atoms with Crippen molar-refractivity contribution in [2.75, 3.05) is 13.1 Å². The summed E-state index contributed by atoms with van der Waals surface area (Å²) in [6.07, 6.45) is 3.68. The quantitative estimate of drug-likeness (QED) is 0.904. The zero-order valence-electron chi connectivity index (χ0n) is 11.7. The maximum Gasteiger partial charge on any atom is 0.223 e. The van der Waals surface area contributed by atoms with Crippen molar-refractivity contribution >= 4 is 5.91 Å². The van der Waals surface area contributed by atoms with Crippen LogP contribution >= 0.6 is 0 Å². The number of hydrogen-bond acceptors (Lipinski definition) is 2. The van der Waals surface area contributed by atoms with E-state index in [0.717, 1.165) is 32.4 Å². The molecule has 0 saturated carbocycles. The van der Waals surface area contributed by atoms with E-state index in [1.54, 1.807) is 0 Å². The molecule has 19 heavy (non-hydrogen) atoms. The third-order valence-corrected chi connectivity index (χ3v) is 4.00. The molecular weight excluding hydrogens is 236 g/mol. The van der Waals surface area contributed by atoms with E-state index in [1.165, 1.54) is 5.56 Å². The predicted octanol–water partition coefficient (Wildman–Crippen LogP) is 2.52. The maximum atomic E-state index is 12.4. The standard InChI is InChI=1S/C16H24N2O/c1-2-13(14-7-4-3-5-8-14)11-16(19)18-10-6-9-15(17)12-18/h3-5,7-8,13,15H,2,6,9-12,17H2,1H3. The number of piperidine rings is 1. The van der Waals surface area contributed by atoms with Crippen LogP contribution in [-0.4, -0.2) is 29.9 Å². The number of carbonyl (C=O) groups excluding carboxylic acids is 1. The Hall–Kier alpha value is -1.35. The number of carbonyl (C=O) groups is 1. The first-order chi connectivity index (χ1) is 9.20. The summed E-state index contributed by atoms with van der Waals surface area (Å²) in [6.45, 7) is 3.74. The van der Waals surface area contributed by atoms with Gasteiger partial charge in [-0.2, -0.15) is 0 Å². The third-order valence-electron chi connectivity index (χ3n) is 4.00. The molecule has 2 rings (SSSR count). The highest BCUT2D eigenvalue weighted by Gasteiger charge is 2.23. The van der Waals surface area contributed by atoms with Gasteiger partial charge in [-0.3, -0.25) is 4.79 Å². The first-order valence-corrected chi connectivity index (χ1v) is 7.29. The van der Waals surface area contributed by atoms with Crippen LogP contribution in [-0.2, 0) is 4.79 Å². The average Bonchev–Trinajstić information content (AvgIpc) is 2.45. The normalized spacial score (nSPS) is 21.2. The molecule has 0 radical (unpaired) electrons. The highest BCUT2D eigenvalue weighted by atomic mass is 16.2. The summed E-state index contributed by atoms with van der Waals surface area (Å²) in [4.78, 5) is 14.3. The zero-order chi connectivity index (χ0) is 13.7. The number of benzene rings is 1. The van der Waals surface area contributed by atoms with Gasteiger partial charge in [-0.1, -0.05) is 37.3 Å². The minimum Gasteiger partial charge on any atom is -0.341 e. The van der Waals surface area contributed by atoms with Gasteiger partial charge in [0.25, 0.3) is 0 Å². The summed E-state index contributed by atoms with van der Waals surface area (Å²) < 4.78 is 0. The van der Waals surface area contributed by atoms with Gasteiger partial charge >= 0.3 is 0 Å². The summed E-state index contributed by atoms with van der Waals surface area (Å²) in [7, 11) is 0. The Morgan fingerprint density at radius 2 is 2.16 bits per heavy atom. The Morgan fingerprint density at radius 3 is 2.79 bits per heavy atom. The molecule has 0 spiro atoms. The van der Waals surface area contributed by atoms with Crippen LogP contribution in [0.15, 0.2) is 30.3 Å². The second-order valence-electron chi connectivity index (χ2n) is 5.46. The molecule has 0 aromatic heterocycles. The van der Waals surface area contributed by atoms with Gasteiger partial charge in [0.15, 0.2) is 0 Å². The second-order valence-corrected chi connectivity index (χ2v) is 5.46. The van der Waals surface area contributed by atoms with Gasteiger partial charge < -0.3 is 10.6 Å². The molecule has 1 fully saturated rings. The molecule has 3 nitrogen and oxygen atoms in total. The van der Waals surface area contributed by atoms with Crippen molar-refractivity contribution in [3.63, 3.8) is 0 Å². The maximum absolute atomic E-state index is 12.4. The molecule has 2 unspecified atom stereocenters. The lowest BCUT2D eigenvalue weighted by Crippen LogP contribution is -2.46. The molecule has 0 aliphatic carbocycles. The van der Waals surface area contributed by atoms with Crippen LogP contribution in [0, 0.1) is 0 Å². The fraction of sp³-hybridized carbons (Fsp3) is 0.562. The Kier molecular flexibility index (Phi) is 4.97. The SMILES string of the molecule is CCC(CC(=O)N1CCCC(N)C1)c1ccccc1. The molecular formula is C16H24N2O. The molecule has 2 N–H and O–H groups in total. The molecule has 1 amide bonds. The van der Waals surface area contributed by atoms with Crippen LogP contribution in [0.5, 0.6) is 0 Å². The Balaban J connectivity index is 1.96. The number of nitrogens with zero attached hydrogens (tertiary/aromatic N) is 1. The molecule has 1 heterocycles. The number of amides is 1. The fourth-order valence-corrected chi connectivity index (χ4v) is 2.80. The summed E-state index contributed by atoms with van der Waals surface area (Å²) in [6, 6.07) is 10.5. The highest BCUT2D eigenvalue weighted by Crippen LogP contribution is 2.24. The van der Waals surface area contributed by atoms with Crippen molar-refractivity contribution in [3.05, 3.63) is 35.9 Å². The monoisotopic (exact) mass is 260 g/mol. The number of hydrogen-bond donors (Lipinski definition) is 1. The van der Waals surface area contributed by atoms with Crippen LogP contribution in [0.3, 0.4) is 0 Å². The van der Waals surface area contributed by atoms with Gasteiger partial charge in [-0.15, -0.1) is 0 Å². The van der Waals surface area contributed by atoms with Crippen molar-refractivity contribution in [1.29, 1.82) is 0 Å². The van der Waals surface area contributed by atoms with E-state index in [2.05, 4.69) is 19.1 Å². The number of likely N-dealkylation sites (tertiary alicyclic amines) is 1. The summed E-state index contributed by atoms with van der Waals surface area (Å²) in [5.74, 6) is 0.581. The third kappa shape index (κ3) is 3.80. The summed E-state index contributed by atoms with van der Waals surface area (Å²) >= 11 is 0. The average molecular weight is 260 g/mol. The molecule has 1 aromatic rings. The smallest absolute Gasteiger partial charge is 0.223 e. The lowest BCUT2D eigenvalue weighted by Gasteiger charge is -2.32. The molecule has 1 aliphatic heterocycles. The van der Waals surface area contributed by atoms with Crippen LogP contribution in [0.2, 0.25) is 0 Å². The van der Waals surface area contributed by atoms with Gasteiger partial charge in [0, 0.05) is 25.6 Å². The second kappa shape index (κ2) is 6.71. The predicted molar refractivity (Wildman–Crippen MR) is 77.9 cm³/mol. The van der Waals surface area contributed by atoms with E-state index in [9.17, 15) is 4.79 Å². The minimum atomic E-state index is 0.162. The molecule has 104 valence electrons. The van der Waals surface area contributed by atoms with E-state index in [4.69, 9.17) is 5.73 Å². The summed E-state index contributed by atoms with van der Waals surface area (Å²) in [5.41, 5.74) is 7.21. The van der Waals surface area contributed by atoms with Gasteiger partial charge in [0.1, 0.15) is 0 Å². The van der Waals surface area contributed by atoms with Crippen molar-refractivity contribution in [1.82, 2.24) is 4.90 Å². The minimum absolute atomic E-state index is 0.162. The van der Waals surface area contributed by atoms with Crippen molar-refractivity contribution < 1.29 is 4.79 Å². The Labute approximate surface area is 115 Å². The number of nitrogens with two attached hydrogens (primary N) is 1. The molecule has 3 heteroatoms. The lowest BCUT2D eigenvalue weighted by molar-refractivity contribution is -0.132. The largest absolute Gasteiger partial charge is 0.341 e. The summed E-state index contributed by atoms with van der Waals surface area (Å²) in [5, 5.41) is 0. The van der Waals surface area contributed by atoms with E-state index in [0.29, 0.717) is 12.3 Å². The van der Waals surface area contributed by atoms with E-state index in [1.807, 2.05) is 23.1 Å². The lowest BCUT2D eigenvalue weighted by atomic mass is 9.92. The van der Waals surface area contributed by atoms with Crippen molar-refractivity contribution in [2.45, 2.75) is 44.6 Å². The zero-order valence-corrected chi connectivity index (χ0v) is 11.7. The molecule has 1 aliphatic rings. The van der Waals surface area contributed by atoms with Crippen LogP contribution < -0.4 is 5.73 Å². The molecule has 1 aromatic carbocycles.